The van der Waals surface area contributed by atoms with Crippen LogP contribution in [0, 0.1) is 12.8 Å². The lowest BCUT2D eigenvalue weighted by Crippen LogP contribution is -2.61. The standard InChI is InChI=1S/C30H41N7O4/c1-20-6-5-7-22(14-20)17-31-35-28-33-25-16-21(15-24(25)27(34-28)36-10-12-40-13-11-36)8-9-26(38)32-23-18-37(19-23)29(39)41-30(2,3)4/h5-7,14,17,21,23H,8-13,15-16,18-19H2,1-4H3,(H,32,38)(H,33,34,35)/b31-17+. The van der Waals surface area contributed by atoms with Gasteiger partial charge in [-0.2, -0.15) is 10.1 Å². The number of nitrogens with one attached hydrogen (secondary N) is 2. The summed E-state index contributed by atoms with van der Waals surface area (Å²) >= 11 is 0. The normalized spacial score (nSPS) is 19.2. The Bertz CT molecular complexity index is 1280. The van der Waals surface area contributed by atoms with Gasteiger partial charge in [0.1, 0.15) is 11.4 Å². The van der Waals surface area contributed by atoms with Crippen molar-refractivity contribution in [3.05, 3.63) is 46.6 Å². The van der Waals surface area contributed by atoms with Gasteiger partial charge in [-0.3, -0.25) is 4.79 Å². The second-order valence-corrected chi connectivity index (χ2v) is 12.1. The largest absolute Gasteiger partial charge is 0.444 e. The van der Waals surface area contributed by atoms with Crippen molar-refractivity contribution < 1.29 is 19.1 Å². The summed E-state index contributed by atoms with van der Waals surface area (Å²) in [4.78, 5) is 38.4. The van der Waals surface area contributed by atoms with Crippen LogP contribution in [0.1, 0.15) is 56.0 Å². The number of aryl methyl sites for hydroxylation is 1. The van der Waals surface area contributed by atoms with Gasteiger partial charge in [-0.25, -0.2) is 15.2 Å². The molecule has 11 heteroatoms. The third-order valence-electron chi connectivity index (χ3n) is 7.45. The minimum atomic E-state index is -0.526. The van der Waals surface area contributed by atoms with E-state index in [1.165, 1.54) is 5.56 Å². The number of carbonyl (C=O) groups excluding carboxylic acids is 2. The fraction of sp³-hybridized carbons (Fsp3) is 0.567. The van der Waals surface area contributed by atoms with Gasteiger partial charge in [-0.15, -0.1) is 0 Å². The molecule has 1 aliphatic carbocycles. The second kappa shape index (κ2) is 12.4. The first-order valence-electron chi connectivity index (χ1n) is 14.5. The Morgan fingerprint density at radius 2 is 1.95 bits per heavy atom. The molecule has 3 heterocycles. The summed E-state index contributed by atoms with van der Waals surface area (Å²) in [5.74, 6) is 1.75. The molecule has 2 N–H and O–H groups in total. The van der Waals surface area contributed by atoms with Crippen LogP contribution in [0.3, 0.4) is 0 Å². The van der Waals surface area contributed by atoms with Crippen molar-refractivity contribution >= 4 is 30.0 Å². The number of hydrazone groups is 1. The van der Waals surface area contributed by atoms with Gasteiger partial charge < -0.3 is 24.6 Å². The number of anilines is 2. The SMILES string of the molecule is Cc1cccc(/C=N/Nc2nc3c(c(N4CCOCC4)n2)CC(CCC(=O)NC2CN(C(=O)OC(C)(C)C)C2)C3)c1. The Morgan fingerprint density at radius 1 is 1.17 bits per heavy atom. The van der Waals surface area contributed by atoms with Crippen molar-refractivity contribution in [3.63, 3.8) is 0 Å². The molecule has 1 atom stereocenters. The zero-order valence-corrected chi connectivity index (χ0v) is 24.5. The highest BCUT2D eigenvalue weighted by Crippen LogP contribution is 2.35. The van der Waals surface area contributed by atoms with E-state index in [1.807, 2.05) is 32.9 Å². The molecule has 2 saturated heterocycles. The number of aromatic nitrogens is 2. The topological polar surface area (TPSA) is 121 Å². The lowest BCUT2D eigenvalue weighted by Gasteiger charge is -2.40. The van der Waals surface area contributed by atoms with E-state index in [9.17, 15) is 9.59 Å². The first kappa shape index (κ1) is 28.8. The predicted octanol–water partition coefficient (Wildman–Crippen LogP) is 3.30. The Labute approximate surface area is 241 Å². The van der Waals surface area contributed by atoms with Crippen molar-refractivity contribution in [2.24, 2.45) is 11.0 Å². The van der Waals surface area contributed by atoms with E-state index < -0.39 is 5.60 Å². The molecule has 11 nitrogen and oxygen atoms in total. The Hall–Kier alpha value is -3.73. The number of benzene rings is 1. The fourth-order valence-corrected chi connectivity index (χ4v) is 5.42. The van der Waals surface area contributed by atoms with Crippen LogP contribution in [0.2, 0.25) is 0 Å². The molecule has 2 amide bonds. The molecular weight excluding hydrogens is 522 g/mol. The van der Waals surface area contributed by atoms with Crippen LogP contribution in [0.25, 0.3) is 0 Å². The molecule has 2 fully saturated rings. The van der Waals surface area contributed by atoms with Gasteiger partial charge >= 0.3 is 6.09 Å². The van der Waals surface area contributed by atoms with Gasteiger partial charge in [-0.1, -0.05) is 29.8 Å². The third-order valence-corrected chi connectivity index (χ3v) is 7.45. The van der Waals surface area contributed by atoms with Gasteiger partial charge in [0, 0.05) is 38.2 Å². The van der Waals surface area contributed by atoms with Crippen LogP contribution < -0.4 is 15.6 Å². The van der Waals surface area contributed by atoms with Crippen LogP contribution >= 0.6 is 0 Å². The van der Waals surface area contributed by atoms with E-state index in [0.717, 1.165) is 55.0 Å². The first-order valence-corrected chi connectivity index (χ1v) is 14.5. The quantitative estimate of drug-likeness (QED) is 0.371. The molecule has 41 heavy (non-hydrogen) atoms. The smallest absolute Gasteiger partial charge is 0.410 e. The van der Waals surface area contributed by atoms with Crippen LogP contribution in [-0.2, 0) is 27.1 Å². The molecule has 5 rings (SSSR count). The second-order valence-electron chi connectivity index (χ2n) is 12.1. The van der Waals surface area contributed by atoms with Crippen LogP contribution in [0.5, 0.6) is 0 Å². The summed E-state index contributed by atoms with van der Waals surface area (Å²) in [5, 5.41) is 7.45. The molecule has 0 bridgehead atoms. The number of ether oxygens (including phenoxy) is 2. The van der Waals surface area contributed by atoms with Gasteiger partial charge in [0.05, 0.1) is 31.2 Å². The number of rotatable bonds is 8. The Morgan fingerprint density at radius 3 is 2.68 bits per heavy atom. The van der Waals surface area contributed by atoms with Crippen molar-refractivity contribution in [1.82, 2.24) is 20.2 Å². The third kappa shape index (κ3) is 7.72. The molecule has 0 spiro atoms. The summed E-state index contributed by atoms with van der Waals surface area (Å²) in [6.45, 7) is 11.5. The Balaban J connectivity index is 1.16. The number of amides is 2. The lowest BCUT2D eigenvalue weighted by atomic mass is 9.99. The first-order chi connectivity index (χ1) is 19.6. The maximum absolute atomic E-state index is 12.7. The zero-order valence-electron chi connectivity index (χ0n) is 24.5. The van der Waals surface area contributed by atoms with E-state index in [0.29, 0.717) is 44.6 Å². The van der Waals surface area contributed by atoms with Crippen molar-refractivity contribution in [1.29, 1.82) is 0 Å². The number of fused-ring (bicyclic) bond motifs is 1. The van der Waals surface area contributed by atoms with Crippen molar-refractivity contribution in [3.8, 4) is 0 Å². The maximum Gasteiger partial charge on any atom is 0.410 e. The van der Waals surface area contributed by atoms with Crippen LogP contribution in [-0.4, -0.2) is 84.1 Å². The minimum absolute atomic E-state index is 0.0159. The number of nitrogens with zero attached hydrogens (tertiary/aromatic N) is 5. The van der Waals surface area contributed by atoms with E-state index >= 15 is 0 Å². The number of morpholine rings is 1. The predicted molar refractivity (Wildman–Crippen MR) is 157 cm³/mol. The average Bonchev–Trinajstić information content (AvgIpc) is 3.31. The molecular formula is C30H41N7O4. The number of likely N-dealkylation sites (tertiary alicyclic amines) is 1. The average molecular weight is 564 g/mol. The summed E-state index contributed by atoms with van der Waals surface area (Å²) in [6, 6.07) is 8.10. The summed E-state index contributed by atoms with van der Waals surface area (Å²) in [6.07, 6.45) is 4.29. The van der Waals surface area contributed by atoms with E-state index in [4.69, 9.17) is 19.4 Å². The Kier molecular flexibility index (Phi) is 8.72. The van der Waals surface area contributed by atoms with Gasteiger partial charge in [0.25, 0.3) is 0 Å². The molecule has 3 aliphatic rings. The molecule has 2 aliphatic heterocycles. The molecule has 0 radical (unpaired) electrons. The monoisotopic (exact) mass is 563 g/mol. The number of carbonyl (C=O) groups is 2. The molecule has 2 aromatic rings. The van der Waals surface area contributed by atoms with Crippen LogP contribution in [0.4, 0.5) is 16.6 Å². The summed E-state index contributed by atoms with van der Waals surface area (Å²) < 4.78 is 11.0. The van der Waals surface area contributed by atoms with E-state index in [2.05, 4.69) is 39.8 Å². The zero-order chi connectivity index (χ0) is 29.0. The summed E-state index contributed by atoms with van der Waals surface area (Å²) in [7, 11) is 0. The van der Waals surface area contributed by atoms with E-state index in [-0.39, 0.29) is 18.0 Å². The van der Waals surface area contributed by atoms with E-state index in [1.54, 1.807) is 11.1 Å². The van der Waals surface area contributed by atoms with Gasteiger partial charge in [0.2, 0.25) is 11.9 Å². The highest BCUT2D eigenvalue weighted by atomic mass is 16.6. The minimum Gasteiger partial charge on any atom is -0.444 e. The van der Waals surface area contributed by atoms with Crippen molar-refractivity contribution in [2.75, 3.05) is 49.7 Å². The number of hydrogen-bond donors (Lipinski definition) is 2. The maximum atomic E-state index is 12.7. The summed E-state index contributed by atoms with van der Waals surface area (Å²) in [5.41, 5.74) is 6.87. The molecule has 1 aromatic carbocycles. The highest BCUT2D eigenvalue weighted by Gasteiger charge is 2.35. The highest BCUT2D eigenvalue weighted by molar-refractivity contribution is 5.80. The van der Waals surface area contributed by atoms with Crippen LogP contribution in [0.15, 0.2) is 29.4 Å². The molecule has 1 aromatic heterocycles. The number of hydrogen-bond acceptors (Lipinski definition) is 9. The fourth-order valence-electron chi connectivity index (χ4n) is 5.42. The lowest BCUT2D eigenvalue weighted by molar-refractivity contribution is -0.123. The van der Waals surface area contributed by atoms with Gasteiger partial charge in [-0.05, 0) is 58.4 Å². The van der Waals surface area contributed by atoms with Gasteiger partial charge in [0.15, 0.2) is 0 Å². The molecule has 1 unspecified atom stereocenters. The molecule has 220 valence electrons. The van der Waals surface area contributed by atoms with Crippen molar-refractivity contribution in [2.45, 2.75) is 65.0 Å². The molecule has 0 saturated carbocycles.